The van der Waals surface area contributed by atoms with Crippen molar-refractivity contribution in [1.29, 1.82) is 0 Å². The number of benzene rings is 4. The van der Waals surface area contributed by atoms with Gasteiger partial charge in [-0.25, -0.2) is 19.0 Å². The van der Waals surface area contributed by atoms with Gasteiger partial charge in [-0.3, -0.25) is 14.6 Å². The van der Waals surface area contributed by atoms with E-state index in [0.717, 1.165) is 128 Å². The zero-order valence-corrected chi connectivity index (χ0v) is 45.3. The molecule has 2 aliphatic heterocycles. The topological polar surface area (TPSA) is 190 Å². The number of nitrogens with zero attached hydrogens (tertiary/aromatic N) is 9. The minimum atomic E-state index is -0.993. The van der Waals surface area contributed by atoms with Crippen LogP contribution < -0.4 is 0 Å². The summed E-state index contributed by atoms with van der Waals surface area (Å²) in [6, 6.07) is 39.9. The quantitative estimate of drug-likeness (QED) is 0.0936. The summed E-state index contributed by atoms with van der Waals surface area (Å²) in [5, 5.41) is 37.1. The molecule has 6 unspecified atom stereocenters. The molecule has 0 spiro atoms. The van der Waals surface area contributed by atoms with Gasteiger partial charge in [0.05, 0.1) is 40.9 Å². The number of aromatic carboxylic acids is 2. The Morgan fingerprint density at radius 1 is 0.525 bits per heavy atom. The number of hydrogen-bond acceptors (Lipinski definition) is 9. The van der Waals surface area contributed by atoms with Crippen LogP contribution in [0.25, 0.3) is 33.6 Å². The van der Waals surface area contributed by atoms with Crippen molar-refractivity contribution in [2.45, 2.75) is 127 Å². The first-order valence-corrected chi connectivity index (χ1v) is 28.4. The molecule has 2 saturated heterocycles. The van der Waals surface area contributed by atoms with Gasteiger partial charge in [0.1, 0.15) is 11.1 Å². The van der Waals surface area contributed by atoms with Crippen LogP contribution in [0.1, 0.15) is 179 Å². The van der Waals surface area contributed by atoms with Crippen molar-refractivity contribution in [3.05, 3.63) is 197 Å². The van der Waals surface area contributed by atoms with E-state index in [1.54, 1.807) is 21.8 Å². The highest BCUT2D eigenvalue weighted by atomic mass is 16.4. The summed E-state index contributed by atoms with van der Waals surface area (Å²) in [4.78, 5) is 59.7. The van der Waals surface area contributed by atoms with Gasteiger partial charge in [-0.05, 0) is 165 Å². The molecule has 4 fully saturated rings. The molecule has 6 atom stereocenters. The second-order valence-corrected chi connectivity index (χ2v) is 21.8. The molecule has 12 rings (SSSR count). The molecule has 15 nitrogen and oxygen atoms in total. The Kier molecular flexibility index (Phi) is 15.9. The number of likely N-dealkylation sites (tertiary alicyclic amines) is 2. The molecule has 8 aromatic rings. The van der Waals surface area contributed by atoms with Gasteiger partial charge < -0.3 is 20.0 Å². The molecular formula is C65H67N9O6. The van der Waals surface area contributed by atoms with E-state index >= 15 is 0 Å². The summed E-state index contributed by atoms with van der Waals surface area (Å²) in [5.41, 5.74) is 10.6. The third-order valence-corrected chi connectivity index (χ3v) is 16.5. The zero-order chi connectivity index (χ0) is 55.3. The number of carbonyl (C=O) groups excluding carboxylic acids is 2. The Balaban J connectivity index is 0.000000169. The maximum Gasteiger partial charge on any atom is 0.339 e. The smallest absolute Gasteiger partial charge is 0.339 e. The second kappa shape index (κ2) is 23.8. The molecule has 0 radical (unpaired) electrons. The first kappa shape index (κ1) is 53.4. The van der Waals surface area contributed by atoms with Crippen LogP contribution in [0.3, 0.4) is 0 Å². The zero-order valence-electron chi connectivity index (χ0n) is 45.3. The Labute approximate surface area is 466 Å². The van der Waals surface area contributed by atoms with Crippen LogP contribution in [0.4, 0.5) is 0 Å². The molecule has 2 saturated carbocycles. The van der Waals surface area contributed by atoms with Crippen LogP contribution >= 0.6 is 0 Å². The van der Waals surface area contributed by atoms with E-state index in [1.165, 1.54) is 25.2 Å². The Morgan fingerprint density at radius 3 is 1.49 bits per heavy atom. The third kappa shape index (κ3) is 11.3. The standard InChI is InChI=1S/C33H34N4O3.C32H33N5O3/c1-2-8-26-13-3-4-16-36(26)32(38)24-11-5-9-22(17-24)23-10-6-14-27(18-23)37-31(30(21-35-37)33(39)40)29-19-28(29)25-12-7-15-34-20-25;1-2-8-24-12-3-4-16-36(24)31(38)23-11-5-9-21(17-23)22-10-6-13-25(18-22)37-30(28(20-34-37)32(39)40)27-19-26(27)29-14-7-15-33-35-29/h5-7,9-12,14-15,17-18,20-21,26,28-29H,2-4,8,13,16,19H2,1H3,(H,39,40);5-7,9-11,13-15,17-18,20,24,26-27H,2-4,8,12,16,19H2,1H3,(H,39,40). The number of pyridine rings is 1. The molecule has 2 amide bonds. The summed E-state index contributed by atoms with van der Waals surface area (Å²) < 4.78 is 3.51. The number of hydrogen-bond donors (Lipinski definition) is 2. The van der Waals surface area contributed by atoms with Gasteiger partial charge in [0.25, 0.3) is 11.8 Å². The minimum Gasteiger partial charge on any atom is -0.478 e. The molecule has 0 bridgehead atoms. The first-order valence-electron chi connectivity index (χ1n) is 28.4. The van der Waals surface area contributed by atoms with E-state index < -0.39 is 11.9 Å². The maximum absolute atomic E-state index is 13.5. The lowest BCUT2D eigenvalue weighted by Crippen LogP contribution is -2.43. The normalized spacial score (nSPS) is 20.3. The van der Waals surface area contributed by atoms with Crippen LogP contribution in [0, 0.1) is 0 Å². The van der Waals surface area contributed by atoms with Crippen LogP contribution in [0.2, 0.25) is 0 Å². The highest BCUT2D eigenvalue weighted by Crippen LogP contribution is 2.56. The molecule has 4 aliphatic rings. The van der Waals surface area contributed by atoms with Crippen molar-refractivity contribution in [3.8, 4) is 33.6 Å². The predicted octanol–water partition coefficient (Wildman–Crippen LogP) is 12.8. The summed E-state index contributed by atoms with van der Waals surface area (Å²) in [6.07, 6.45) is 20.6. The monoisotopic (exact) mass is 1070 g/mol. The average Bonchev–Trinajstić information content (AvgIpc) is 4.52. The molecule has 4 aromatic carbocycles. The Hall–Kier alpha value is -8.59. The van der Waals surface area contributed by atoms with E-state index in [-0.39, 0.29) is 46.6 Å². The van der Waals surface area contributed by atoms with Gasteiger partial charge >= 0.3 is 11.9 Å². The second-order valence-electron chi connectivity index (χ2n) is 21.8. The average molecular weight is 1070 g/mol. The lowest BCUT2D eigenvalue weighted by atomic mass is 9.96. The van der Waals surface area contributed by atoms with Crippen molar-refractivity contribution >= 4 is 23.8 Å². The molecular weight excluding hydrogens is 1000 g/mol. The number of rotatable bonds is 16. The largest absolute Gasteiger partial charge is 0.478 e. The molecule has 2 N–H and O–H groups in total. The van der Waals surface area contributed by atoms with Crippen LogP contribution in [0.5, 0.6) is 0 Å². The van der Waals surface area contributed by atoms with Gasteiger partial charge in [0.15, 0.2) is 0 Å². The molecule has 2 aliphatic carbocycles. The van der Waals surface area contributed by atoms with Gasteiger partial charge in [-0.15, -0.1) is 0 Å². The minimum absolute atomic E-state index is 0.00415. The Morgan fingerprint density at radius 2 is 1.01 bits per heavy atom. The highest BCUT2D eigenvalue weighted by Gasteiger charge is 2.46. The molecule has 4 aromatic heterocycles. The molecule has 80 heavy (non-hydrogen) atoms. The maximum atomic E-state index is 13.5. The number of carboxylic acid groups (broad SMARTS) is 2. The van der Waals surface area contributed by atoms with E-state index in [9.17, 15) is 29.4 Å². The summed E-state index contributed by atoms with van der Waals surface area (Å²) in [6.45, 7) is 5.98. The lowest BCUT2D eigenvalue weighted by Gasteiger charge is -2.36. The number of carbonyl (C=O) groups is 4. The van der Waals surface area contributed by atoms with Crippen molar-refractivity contribution in [3.63, 3.8) is 0 Å². The summed E-state index contributed by atoms with van der Waals surface area (Å²) in [7, 11) is 0. The summed E-state index contributed by atoms with van der Waals surface area (Å²) in [5.74, 6) is -1.38. The van der Waals surface area contributed by atoms with Gasteiger partial charge in [0, 0.05) is 72.6 Å². The van der Waals surface area contributed by atoms with E-state index in [4.69, 9.17) is 0 Å². The van der Waals surface area contributed by atoms with E-state index in [1.807, 2.05) is 128 Å². The van der Waals surface area contributed by atoms with Crippen molar-refractivity contribution in [2.75, 3.05) is 13.1 Å². The summed E-state index contributed by atoms with van der Waals surface area (Å²) >= 11 is 0. The van der Waals surface area contributed by atoms with Crippen LogP contribution in [-0.4, -0.2) is 104 Å². The predicted molar refractivity (Wildman–Crippen MR) is 306 cm³/mol. The Bertz CT molecular complexity index is 3290. The number of amides is 2. The fourth-order valence-electron chi connectivity index (χ4n) is 12.4. The van der Waals surface area contributed by atoms with E-state index in [0.29, 0.717) is 28.9 Å². The van der Waals surface area contributed by atoms with Gasteiger partial charge in [-0.2, -0.15) is 20.4 Å². The van der Waals surface area contributed by atoms with E-state index in [2.05, 4.69) is 49.0 Å². The van der Waals surface area contributed by atoms with Crippen LogP contribution in [0.15, 0.2) is 152 Å². The first-order chi connectivity index (χ1) is 39.1. The van der Waals surface area contributed by atoms with Crippen LogP contribution in [-0.2, 0) is 0 Å². The van der Waals surface area contributed by atoms with Gasteiger partial charge in [0.2, 0.25) is 0 Å². The number of carboxylic acids is 2. The lowest BCUT2D eigenvalue weighted by molar-refractivity contribution is 0.0593. The van der Waals surface area contributed by atoms with Crippen molar-refractivity contribution in [2.24, 2.45) is 0 Å². The fourth-order valence-corrected chi connectivity index (χ4v) is 12.4. The molecule has 6 heterocycles. The third-order valence-electron chi connectivity index (χ3n) is 16.5. The number of piperidine rings is 2. The SMILES string of the molecule is CCCC1CCCCN1C(=O)c1cccc(-c2cccc(-n3ncc(C(=O)O)c3C3CC3c3cccnc3)c2)c1.CCCC1CCCCN1C(=O)c1cccc(-c2cccc(-n3ncc(C(=O)O)c3C3CC3c3cccnn3)c2)c1. The molecule has 408 valence electrons. The van der Waals surface area contributed by atoms with Gasteiger partial charge in [-0.1, -0.05) is 81.3 Å². The fraction of sp³-hybridized carbons (Fsp3) is 0.338. The van der Waals surface area contributed by atoms with Crippen molar-refractivity contribution in [1.82, 2.24) is 44.5 Å². The highest BCUT2D eigenvalue weighted by molar-refractivity contribution is 5.97. The number of aromatic nitrogens is 7. The molecule has 15 heteroatoms. The van der Waals surface area contributed by atoms with Crippen molar-refractivity contribution < 1.29 is 29.4 Å².